The highest BCUT2D eigenvalue weighted by molar-refractivity contribution is 5.79. The van der Waals surface area contributed by atoms with Gasteiger partial charge in [-0.15, -0.1) is 0 Å². The molecule has 0 radical (unpaired) electrons. The molecule has 0 bridgehead atoms. The summed E-state index contributed by atoms with van der Waals surface area (Å²) in [7, 11) is 6.06. The molecule has 1 aliphatic heterocycles. The summed E-state index contributed by atoms with van der Waals surface area (Å²) in [5.74, 6) is -0.0400. The van der Waals surface area contributed by atoms with E-state index in [1.165, 1.54) is 0 Å². The van der Waals surface area contributed by atoms with Crippen molar-refractivity contribution in [1.29, 1.82) is 0 Å². The predicted octanol–water partition coefficient (Wildman–Crippen LogP) is 0.854. The first-order valence-electron chi connectivity index (χ1n) is 7.72. The molecule has 5 nitrogen and oxygen atoms in total. The molecule has 0 amide bonds. The van der Waals surface area contributed by atoms with Gasteiger partial charge in [-0.1, -0.05) is 6.92 Å². The lowest BCUT2D eigenvalue weighted by Crippen LogP contribution is -2.57. The van der Waals surface area contributed by atoms with Crippen molar-refractivity contribution >= 4 is 5.97 Å². The highest BCUT2D eigenvalue weighted by Gasteiger charge is 2.45. The van der Waals surface area contributed by atoms with E-state index in [4.69, 9.17) is 0 Å². The number of hydrogen-bond donors (Lipinski definition) is 2. The molecule has 20 heavy (non-hydrogen) atoms. The molecule has 4 atom stereocenters. The number of rotatable bonds is 4. The van der Waals surface area contributed by atoms with E-state index >= 15 is 0 Å². The fourth-order valence-corrected chi connectivity index (χ4v) is 4.04. The second kappa shape index (κ2) is 6.00. The molecule has 4 unspecified atom stereocenters. The molecule has 2 aliphatic rings. The first-order valence-corrected chi connectivity index (χ1v) is 7.72. The number of nitrogens with one attached hydrogen (secondary N) is 1. The Morgan fingerprint density at radius 3 is 2.60 bits per heavy atom. The van der Waals surface area contributed by atoms with E-state index in [9.17, 15) is 9.90 Å². The standard InChI is InChI=1S/C15H29N3O2/c1-11-9-18(10-13(11)17(3)4)12-6-5-7-15(8-12,16-2)14(19)20/h11-13,16H,5-10H2,1-4H3,(H,19,20). The fraction of sp³-hybridized carbons (Fsp3) is 0.933. The van der Waals surface area contributed by atoms with E-state index in [1.54, 1.807) is 7.05 Å². The topological polar surface area (TPSA) is 55.8 Å². The maximum absolute atomic E-state index is 11.6. The Morgan fingerprint density at radius 2 is 2.10 bits per heavy atom. The van der Waals surface area contributed by atoms with Crippen LogP contribution in [0.4, 0.5) is 0 Å². The van der Waals surface area contributed by atoms with Crippen LogP contribution in [0.5, 0.6) is 0 Å². The second-order valence-corrected chi connectivity index (χ2v) is 6.85. The van der Waals surface area contributed by atoms with Crippen molar-refractivity contribution in [2.75, 3.05) is 34.2 Å². The molecule has 0 aromatic carbocycles. The zero-order chi connectivity index (χ0) is 14.9. The molecule has 1 heterocycles. The Kier molecular flexibility index (Phi) is 4.72. The Hall–Kier alpha value is -0.650. The van der Waals surface area contributed by atoms with Crippen LogP contribution < -0.4 is 5.32 Å². The fourth-order valence-electron chi connectivity index (χ4n) is 4.04. The van der Waals surface area contributed by atoms with E-state index in [0.717, 1.165) is 38.8 Å². The number of nitrogens with zero attached hydrogens (tertiary/aromatic N) is 2. The molecule has 2 fully saturated rings. The minimum absolute atomic E-state index is 0.403. The molecule has 5 heteroatoms. The first-order chi connectivity index (χ1) is 9.39. The van der Waals surface area contributed by atoms with Crippen molar-refractivity contribution < 1.29 is 9.90 Å². The van der Waals surface area contributed by atoms with E-state index in [2.05, 4.69) is 36.1 Å². The van der Waals surface area contributed by atoms with Crippen LogP contribution in [0, 0.1) is 5.92 Å². The zero-order valence-electron chi connectivity index (χ0n) is 13.2. The number of carboxylic acid groups (broad SMARTS) is 1. The molecular weight excluding hydrogens is 254 g/mol. The van der Waals surface area contributed by atoms with Gasteiger partial charge >= 0.3 is 5.97 Å². The number of likely N-dealkylation sites (tertiary alicyclic amines) is 1. The van der Waals surface area contributed by atoms with Gasteiger partial charge in [0.05, 0.1) is 0 Å². The third kappa shape index (κ3) is 2.85. The van der Waals surface area contributed by atoms with Gasteiger partial charge < -0.3 is 15.3 Å². The lowest BCUT2D eigenvalue weighted by atomic mass is 9.78. The number of likely N-dealkylation sites (N-methyl/N-ethyl adjacent to an activating group) is 2. The van der Waals surface area contributed by atoms with E-state index < -0.39 is 11.5 Å². The Morgan fingerprint density at radius 1 is 1.40 bits per heavy atom. The molecule has 1 saturated heterocycles. The second-order valence-electron chi connectivity index (χ2n) is 6.85. The van der Waals surface area contributed by atoms with Crippen LogP contribution in [0.1, 0.15) is 32.6 Å². The van der Waals surface area contributed by atoms with Crippen LogP contribution in [0.25, 0.3) is 0 Å². The third-order valence-electron chi connectivity index (χ3n) is 5.39. The van der Waals surface area contributed by atoms with Gasteiger partial charge in [-0.3, -0.25) is 9.69 Å². The molecule has 0 aromatic heterocycles. The van der Waals surface area contributed by atoms with Gasteiger partial charge in [-0.05, 0) is 52.7 Å². The smallest absolute Gasteiger partial charge is 0.323 e. The molecule has 0 aromatic rings. The van der Waals surface area contributed by atoms with Gasteiger partial charge in [0, 0.05) is 25.2 Å². The van der Waals surface area contributed by atoms with Crippen LogP contribution in [0.15, 0.2) is 0 Å². The normalized spacial score (nSPS) is 39.4. The monoisotopic (exact) mass is 283 g/mol. The average molecular weight is 283 g/mol. The Balaban J connectivity index is 2.05. The first kappa shape index (κ1) is 15.7. The van der Waals surface area contributed by atoms with Crippen LogP contribution in [0.3, 0.4) is 0 Å². The van der Waals surface area contributed by atoms with E-state index in [0.29, 0.717) is 18.0 Å². The summed E-state index contributed by atoms with van der Waals surface area (Å²) >= 11 is 0. The van der Waals surface area contributed by atoms with Crippen molar-refractivity contribution in [3.05, 3.63) is 0 Å². The number of hydrogen-bond acceptors (Lipinski definition) is 4. The molecule has 1 saturated carbocycles. The van der Waals surface area contributed by atoms with Crippen LogP contribution >= 0.6 is 0 Å². The summed E-state index contributed by atoms with van der Waals surface area (Å²) < 4.78 is 0. The lowest BCUT2D eigenvalue weighted by molar-refractivity contribution is -0.147. The summed E-state index contributed by atoms with van der Waals surface area (Å²) in [5.41, 5.74) is -0.720. The predicted molar refractivity (Wildman–Crippen MR) is 79.9 cm³/mol. The maximum atomic E-state index is 11.6. The molecule has 0 spiro atoms. The highest BCUT2D eigenvalue weighted by atomic mass is 16.4. The SMILES string of the molecule is CNC1(C(=O)O)CCCC(N2CC(C)C(N(C)C)C2)C1. The minimum atomic E-state index is -0.720. The number of carboxylic acids is 1. The number of carbonyl (C=O) groups is 1. The van der Waals surface area contributed by atoms with Gasteiger partial charge in [0.15, 0.2) is 0 Å². The average Bonchev–Trinajstić information content (AvgIpc) is 2.81. The molecule has 2 rings (SSSR count). The van der Waals surface area contributed by atoms with Gasteiger partial charge in [0.25, 0.3) is 0 Å². The quantitative estimate of drug-likeness (QED) is 0.801. The summed E-state index contributed by atoms with van der Waals surface area (Å²) in [6, 6.07) is 0.991. The lowest BCUT2D eigenvalue weighted by Gasteiger charge is -2.41. The molecule has 116 valence electrons. The molecule has 1 aliphatic carbocycles. The maximum Gasteiger partial charge on any atom is 0.323 e. The Bertz CT molecular complexity index is 361. The van der Waals surface area contributed by atoms with Crippen molar-refractivity contribution in [2.45, 2.75) is 50.2 Å². The van der Waals surface area contributed by atoms with Gasteiger partial charge in [0.2, 0.25) is 0 Å². The van der Waals surface area contributed by atoms with Crippen LogP contribution in [-0.4, -0.2) is 72.7 Å². The van der Waals surface area contributed by atoms with Crippen LogP contribution in [-0.2, 0) is 4.79 Å². The summed E-state index contributed by atoms with van der Waals surface area (Å²) in [6.07, 6.45) is 3.60. The largest absolute Gasteiger partial charge is 0.480 e. The zero-order valence-corrected chi connectivity index (χ0v) is 13.2. The Labute approximate surface area is 122 Å². The van der Waals surface area contributed by atoms with Gasteiger partial charge in [-0.2, -0.15) is 0 Å². The van der Waals surface area contributed by atoms with E-state index in [1.807, 2.05) is 0 Å². The molecule has 2 N–H and O–H groups in total. The third-order valence-corrected chi connectivity index (χ3v) is 5.39. The number of aliphatic carboxylic acids is 1. The minimum Gasteiger partial charge on any atom is -0.480 e. The highest BCUT2D eigenvalue weighted by Crippen LogP contribution is 2.34. The van der Waals surface area contributed by atoms with Crippen LogP contribution in [0.2, 0.25) is 0 Å². The van der Waals surface area contributed by atoms with Crippen molar-refractivity contribution in [1.82, 2.24) is 15.1 Å². The van der Waals surface area contributed by atoms with Crippen molar-refractivity contribution in [2.24, 2.45) is 5.92 Å². The molecular formula is C15H29N3O2. The summed E-state index contributed by atoms with van der Waals surface area (Å²) in [5, 5.41) is 12.6. The van der Waals surface area contributed by atoms with Crippen molar-refractivity contribution in [3.8, 4) is 0 Å². The van der Waals surface area contributed by atoms with Crippen molar-refractivity contribution in [3.63, 3.8) is 0 Å². The van der Waals surface area contributed by atoms with Gasteiger partial charge in [0.1, 0.15) is 5.54 Å². The summed E-state index contributed by atoms with van der Waals surface area (Å²) in [6.45, 7) is 4.46. The van der Waals surface area contributed by atoms with Gasteiger partial charge in [-0.25, -0.2) is 0 Å². The van der Waals surface area contributed by atoms with E-state index in [-0.39, 0.29) is 0 Å². The summed E-state index contributed by atoms with van der Waals surface area (Å²) in [4.78, 5) is 16.4.